The van der Waals surface area contributed by atoms with Crippen molar-refractivity contribution in [2.75, 3.05) is 0 Å². The van der Waals surface area contributed by atoms with Gasteiger partial charge in [-0.1, -0.05) is 23.2 Å². The number of aryl methyl sites for hydroxylation is 1. The van der Waals surface area contributed by atoms with Gasteiger partial charge in [-0.15, -0.1) is 0 Å². The van der Waals surface area contributed by atoms with Gasteiger partial charge in [0, 0.05) is 28.2 Å². The van der Waals surface area contributed by atoms with Crippen molar-refractivity contribution in [2.45, 2.75) is 6.92 Å². The fourth-order valence-electron chi connectivity index (χ4n) is 1.64. The summed E-state index contributed by atoms with van der Waals surface area (Å²) in [4.78, 5) is 11.6. The average molecular weight is 257 g/mol. The first-order valence-corrected chi connectivity index (χ1v) is 5.46. The maximum Gasteiger partial charge on any atom is 0.269 e. The maximum atomic E-state index is 11.6. The van der Waals surface area contributed by atoms with Crippen LogP contribution in [0.25, 0.3) is 11.3 Å². The molecule has 0 fully saturated rings. The Hall–Kier alpha value is -1.19. The van der Waals surface area contributed by atoms with Gasteiger partial charge in [-0.2, -0.15) is 0 Å². The molecule has 0 atom stereocenters. The number of rotatable bonds is 1. The number of H-pyrrole nitrogens is 1. The van der Waals surface area contributed by atoms with Crippen LogP contribution in [-0.2, 0) is 7.05 Å². The van der Waals surface area contributed by atoms with E-state index in [0.717, 1.165) is 11.3 Å². The van der Waals surface area contributed by atoms with Gasteiger partial charge < -0.3 is 0 Å². The third kappa shape index (κ3) is 1.88. The molecule has 0 spiro atoms. The van der Waals surface area contributed by atoms with E-state index in [1.165, 1.54) is 4.68 Å². The van der Waals surface area contributed by atoms with Crippen LogP contribution < -0.4 is 5.56 Å². The van der Waals surface area contributed by atoms with E-state index in [-0.39, 0.29) is 5.56 Å². The highest BCUT2D eigenvalue weighted by Gasteiger charge is 2.10. The highest BCUT2D eigenvalue weighted by molar-refractivity contribution is 6.35. The van der Waals surface area contributed by atoms with Gasteiger partial charge in [-0.25, -0.2) is 0 Å². The van der Waals surface area contributed by atoms with E-state index in [2.05, 4.69) is 5.10 Å². The van der Waals surface area contributed by atoms with Gasteiger partial charge in [-0.3, -0.25) is 14.6 Å². The molecule has 0 saturated carbocycles. The van der Waals surface area contributed by atoms with Crippen LogP contribution in [-0.4, -0.2) is 9.78 Å². The zero-order valence-electron chi connectivity index (χ0n) is 8.84. The van der Waals surface area contributed by atoms with Gasteiger partial charge in [0.1, 0.15) is 0 Å². The summed E-state index contributed by atoms with van der Waals surface area (Å²) in [5.74, 6) is 0. The Morgan fingerprint density at radius 2 is 1.75 bits per heavy atom. The molecule has 0 aliphatic rings. The molecule has 3 nitrogen and oxygen atoms in total. The Morgan fingerprint density at radius 1 is 1.19 bits per heavy atom. The van der Waals surface area contributed by atoms with Crippen molar-refractivity contribution in [1.29, 1.82) is 0 Å². The molecule has 2 rings (SSSR count). The van der Waals surface area contributed by atoms with Crippen molar-refractivity contribution in [1.82, 2.24) is 9.78 Å². The molecule has 2 aromatic rings. The Morgan fingerprint density at radius 3 is 2.19 bits per heavy atom. The minimum Gasteiger partial charge on any atom is -0.295 e. The van der Waals surface area contributed by atoms with Crippen LogP contribution in [0.3, 0.4) is 0 Å². The van der Waals surface area contributed by atoms with Crippen molar-refractivity contribution < 1.29 is 0 Å². The van der Waals surface area contributed by atoms with Gasteiger partial charge in [0.2, 0.25) is 0 Å². The summed E-state index contributed by atoms with van der Waals surface area (Å²) < 4.78 is 1.43. The SMILES string of the molecule is Cc1c(-c2cc(Cl)cc(Cl)c2)[nH]n(C)c1=O. The second-order valence-corrected chi connectivity index (χ2v) is 4.51. The predicted molar refractivity (Wildman–Crippen MR) is 66.2 cm³/mol. The topological polar surface area (TPSA) is 37.8 Å². The Labute approximate surface area is 103 Å². The summed E-state index contributed by atoms with van der Waals surface area (Å²) in [5, 5.41) is 4.07. The Balaban J connectivity index is 2.67. The largest absolute Gasteiger partial charge is 0.295 e. The van der Waals surface area contributed by atoms with Crippen LogP contribution >= 0.6 is 23.2 Å². The molecule has 1 aromatic carbocycles. The zero-order valence-corrected chi connectivity index (χ0v) is 10.4. The highest BCUT2D eigenvalue weighted by atomic mass is 35.5. The molecule has 84 valence electrons. The molecule has 0 radical (unpaired) electrons. The molecule has 0 saturated heterocycles. The third-order valence-corrected chi connectivity index (χ3v) is 2.87. The van der Waals surface area contributed by atoms with Crippen LogP contribution in [0.1, 0.15) is 5.56 Å². The number of halogens is 2. The fraction of sp³-hybridized carbons (Fsp3) is 0.182. The molecule has 16 heavy (non-hydrogen) atoms. The van der Waals surface area contributed by atoms with Crippen molar-refractivity contribution in [3.8, 4) is 11.3 Å². The first-order chi connectivity index (χ1) is 7.49. The van der Waals surface area contributed by atoms with Crippen LogP contribution in [0.2, 0.25) is 10.0 Å². The average Bonchev–Trinajstić information content (AvgIpc) is 2.44. The fourth-order valence-corrected chi connectivity index (χ4v) is 2.17. The summed E-state index contributed by atoms with van der Waals surface area (Å²) in [6.07, 6.45) is 0. The van der Waals surface area contributed by atoms with E-state index in [1.807, 2.05) is 0 Å². The second-order valence-electron chi connectivity index (χ2n) is 3.63. The molecule has 0 unspecified atom stereocenters. The monoisotopic (exact) mass is 256 g/mol. The van der Waals surface area contributed by atoms with Crippen molar-refractivity contribution in [2.24, 2.45) is 7.05 Å². The Kier molecular flexibility index (Phi) is 2.82. The summed E-state index contributed by atoms with van der Waals surface area (Å²) in [7, 11) is 1.67. The number of nitrogens with one attached hydrogen (secondary N) is 1. The molecule has 0 aliphatic carbocycles. The van der Waals surface area contributed by atoms with E-state index in [1.54, 1.807) is 32.2 Å². The summed E-state index contributed by atoms with van der Waals surface area (Å²) in [6, 6.07) is 5.19. The van der Waals surface area contributed by atoms with Gasteiger partial charge in [0.25, 0.3) is 5.56 Å². The van der Waals surface area contributed by atoms with Crippen molar-refractivity contribution in [3.63, 3.8) is 0 Å². The van der Waals surface area contributed by atoms with Crippen LogP contribution in [0.5, 0.6) is 0 Å². The summed E-state index contributed by atoms with van der Waals surface area (Å²) in [5.41, 5.74) is 2.16. The van der Waals surface area contributed by atoms with Crippen LogP contribution in [0, 0.1) is 6.92 Å². The lowest BCUT2D eigenvalue weighted by molar-refractivity contribution is 0.741. The normalized spacial score (nSPS) is 10.8. The van der Waals surface area contributed by atoms with E-state index >= 15 is 0 Å². The zero-order chi connectivity index (χ0) is 11.9. The highest BCUT2D eigenvalue weighted by Crippen LogP contribution is 2.26. The molecule has 1 N–H and O–H groups in total. The smallest absolute Gasteiger partial charge is 0.269 e. The van der Waals surface area contributed by atoms with Crippen molar-refractivity contribution in [3.05, 3.63) is 44.2 Å². The standard InChI is InChI=1S/C11H10Cl2N2O/c1-6-10(14-15(2)11(6)16)7-3-8(12)5-9(13)4-7/h3-5,14H,1-2H3. The Bertz CT molecular complexity index is 578. The molecule has 1 aromatic heterocycles. The third-order valence-electron chi connectivity index (χ3n) is 2.43. The molecule has 5 heteroatoms. The first kappa shape index (κ1) is 11.3. The lowest BCUT2D eigenvalue weighted by Crippen LogP contribution is -2.12. The van der Waals surface area contributed by atoms with E-state index in [4.69, 9.17) is 23.2 Å². The minimum absolute atomic E-state index is 0.0499. The number of hydrogen-bond donors (Lipinski definition) is 1. The second kappa shape index (κ2) is 4.00. The maximum absolute atomic E-state index is 11.6. The van der Waals surface area contributed by atoms with E-state index < -0.39 is 0 Å². The van der Waals surface area contributed by atoms with Crippen LogP contribution in [0.4, 0.5) is 0 Å². The van der Waals surface area contributed by atoms with Crippen molar-refractivity contribution >= 4 is 23.2 Å². The first-order valence-electron chi connectivity index (χ1n) is 4.71. The summed E-state index contributed by atoms with van der Waals surface area (Å²) in [6.45, 7) is 1.77. The number of nitrogens with zero attached hydrogens (tertiary/aromatic N) is 1. The molecular formula is C11H10Cl2N2O. The summed E-state index contributed by atoms with van der Waals surface area (Å²) >= 11 is 11.8. The lowest BCUT2D eigenvalue weighted by Gasteiger charge is -2.01. The van der Waals surface area contributed by atoms with Gasteiger partial charge in [0.15, 0.2) is 0 Å². The number of aromatic nitrogens is 2. The molecule has 0 bridgehead atoms. The molecule has 0 aliphatic heterocycles. The van der Waals surface area contributed by atoms with Crippen LogP contribution in [0.15, 0.2) is 23.0 Å². The van der Waals surface area contributed by atoms with Gasteiger partial charge >= 0.3 is 0 Å². The lowest BCUT2D eigenvalue weighted by atomic mass is 10.1. The van der Waals surface area contributed by atoms with E-state index in [9.17, 15) is 4.79 Å². The van der Waals surface area contributed by atoms with E-state index in [0.29, 0.717) is 15.6 Å². The molecular weight excluding hydrogens is 247 g/mol. The molecule has 0 amide bonds. The van der Waals surface area contributed by atoms with Gasteiger partial charge in [0.05, 0.1) is 5.69 Å². The minimum atomic E-state index is -0.0499. The number of hydrogen-bond acceptors (Lipinski definition) is 1. The number of aromatic amines is 1. The van der Waals surface area contributed by atoms with Gasteiger partial charge in [-0.05, 0) is 25.1 Å². The molecule has 1 heterocycles. The number of benzene rings is 1. The quantitative estimate of drug-likeness (QED) is 0.837. The predicted octanol–water partition coefficient (Wildman–Crippen LogP) is 3.00.